The molecule has 0 atom stereocenters. The van der Waals surface area contributed by atoms with Gasteiger partial charge in [-0.2, -0.15) is 19.6 Å². The smallest absolute Gasteiger partial charge is 0.263 e. The summed E-state index contributed by atoms with van der Waals surface area (Å²) < 4.78 is 38.4. The molecule has 1 aromatic heterocycles. The van der Waals surface area contributed by atoms with Gasteiger partial charge >= 0.3 is 0 Å². The highest BCUT2D eigenvalue weighted by Gasteiger charge is 2.21. The van der Waals surface area contributed by atoms with Crippen LogP contribution in [0.2, 0.25) is 0 Å². The molecule has 0 spiro atoms. The molecule has 0 N–H and O–H groups in total. The number of ether oxygens (including phenoxy) is 2. The fourth-order valence-corrected chi connectivity index (χ4v) is 1.53. The molecule has 22 heavy (non-hydrogen) atoms. The summed E-state index contributed by atoms with van der Waals surface area (Å²) in [5.41, 5.74) is -0.531. The van der Waals surface area contributed by atoms with Gasteiger partial charge in [0.2, 0.25) is 5.82 Å². The van der Waals surface area contributed by atoms with E-state index in [-0.39, 0.29) is 17.2 Å². The predicted molar refractivity (Wildman–Crippen MR) is 73.6 cm³/mol. The van der Waals surface area contributed by atoms with Crippen molar-refractivity contribution in [2.75, 3.05) is 0 Å². The van der Waals surface area contributed by atoms with Crippen molar-refractivity contribution in [2.45, 2.75) is 26.4 Å². The molecule has 0 saturated carbocycles. The van der Waals surface area contributed by atoms with Crippen molar-refractivity contribution < 1.29 is 18.3 Å². The molecule has 5 nitrogen and oxygen atoms in total. The minimum absolute atomic E-state index is 0.129. The van der Waals surface area contributed by atoms with Crippen LogP contribution in [-0.2, 0) is 0 Å². The molecule has 2 aromatic rings. The lowest BCUT2D eigenvalue weighted by Crippen LogP contribution is -2.24. The Hall–Kier alpha value is -2.75. The number of hydrogen-bond donors (Lipinski definition) is 0. The number of aromatic nitrogens is 2. The average molecular weight is 305 g/mol. The van der Waals surface area contributed by atoms with Crippen molar-refractivity contribution >= 4 is 0 Å². The van der Waals surface area contributed by atoms with E-state index in [1.54, 1.807) is 26.8 Å². The van der Waals surface area contributed by atoms with Crippen molar-refractivity contribution in [3.63, 3.8) is 0 Å². The Morgan fingerprint density at radius 3 is 2.41 bits per heavy atom. The summed E-state index contributed by atoms with van der Waals surface area (Å²) in [6, 6.07) is 5.35. The van der Waals surface area contributed by atoms with E-state index in [2.05, 4.69) is 9.97 Å². The molecule has 2 rings (SSSR count). The maximum absolute atomic E-state index is 14.2. The average Bonchev–Trinajstić information content (AvgIpc) is 2.43. The predicted octanol–water partition coefficient (Wildman–Crippen LogP) is 3.60. The van der Waals surface area contributed by atoms with Crippen LogP contribution in [0.15, 0.2) is 24.5 Å². The van der Waals surface area contributed by atoms with Gasteiger partial charge in [-0.1, -0.05) is 0 Å². The third kappa shape index (κ3) is 3.67. The molecule has 0 fully saturated rings. The van der Waals surface area contributed by atoms with Crippen LogP contribution in [-0.4, -0.2) is 15.6 Å². The number of benzene rings is 1. The number of hydrogen-bond acceptors (Lipinski definition) is 5. The summed E-state index contributed by atoms with van der Waals surface area (Å²) in [5.74, 6) is -2.72. The standard InChI is InChI=1S/C15H13F2N3O2/c1-15(2,3)22-14-12(17)13(19-8-20-14)21-11-5-4-9(7-18)6-10(11)16/h4-6,8H,1-3H3. The van der Waals surface area contributed by atoms with Crippen LogP contribution in [0, 0.1) is 23.0 Å². The first-order chi connectivity index (χ1) is 10.3. The Balaban J connectivity index is 2.31. The summed E-state index contributed by atoms with van der Waals surface area (Å²) >= 11 is 0. The Morgan fingerprint density at radius 2 is 1.82 bits per heavy atom. The van der Waals surface area contributed by atoms with Crippen LogP contribution < -0.4 is 9.47 Å². The van der Waals surface area contributed by atoms with Gasteiger partial charge < -0.3 is 9.47 Å². The minimum Gasteiger partial charge on any atom is -0.470 e. The lowest BCUT2D eigenvalue weighted by atomic mass is 10.2. The first-order valence-electron chi connectivity index (χ1n) is 6.37. The third-order valence-corrected chi connectivity index (χ3v) is 2.40. The van der Waals surface area contributed by atoms with Crippen LogP contribution in [0.25, 0.3) is 0 Å². The fourth-order valence-electron chi connectivity index (χ4n) is 1.53. The van der Waals surface area contributed by atoms with Crippen LogP contribution in [0.5, 0.6) is 17.5 Å². The van der Waals surface area contributed by atoms with Crippen molar-refractivity contribution in [2.24, 2.45) is 0 Å². The highest BCUT2D eigenvalue weighted by molar-refractivity contribution is 5.38. The molecular weight excluding hydrogens is 292 g/mol. The minimum atomic E-state index is -0.929. The Morgan fingerprint density at radius 1 is 1.14 bits per heavy atom. The van der Waals surface area contributed by atoms with E-state index in [0.717, 1.165) is 12.4 Å². The summed E-state index contributed by atoms with van der Waals surface area (Å²) in [4.78, 5) is 7.32. The zero-order chi connectivity index (χ0) is 16.3. The fraction of sp³-hybridized carbons (Fsp3) is 0.267. The number of rotatable bonds is 3. The molecule has 0 aliphatic carbocycles. The van der Waals surface area contributed by atoms with E-state index in [9.17, 15) is 8.78 Å². The van der Waals surface area contributed by atoms with Crippen LogP contribution >= 0.6 is 0 Å². The molecule has 0 unspecified atom stereocenters. The quantitative estimate of drug-likeness (QED) is 0.866. The second-order valence-electron chi connectivity index (χ2n) is 5.37. The van der Waals surface area contributed by atoms with Gasteiger partial charge in [0, 0.05) is 0 Å². The molecule has 7 heteroatoms. The van der Waals surface area contributed by atoms with Gasteiger partial charge in [-0.05, 0) is 39.0 Å². The summed E-state index contributed by atoms with van der Waals surface area (Å²) in [6.45, 7) is 5.19. The van der Waals surface area contributed by atoms with Gasteiger partial charge in [0.1, 0.15) is 11.9 Å². The SMILES string of the molecule is CC(C)(C)Oc1ncnc(Oc2ccc(C#N)cc2F)c1F. The van der Waals surface area contributed by atoms with E-state index in [0.29, 0.717) is 0 Å². The van der Waals surface area contributed by atoms with E-state index < -0.39 is 23.1 Å². The van der Waals surface area contributed by atoms with Gasteiger partial charge in [-0.15, -0.1) is 0 Å². The molecule has 0 amide bonds. The topological polar surface area (TPSA) is 68.0 Å². The first-order valence-corrected chi connectivity index (χ1v) is 6.37. The molecule has 1 heterocycles. The second-order valence-corrected chi connectivity index (χ2v) is 5.37. The molecule has 114 valence electrons. The maximum Gasteiger partial charge on any atom is 0.263 e. The van der Waals surface area contributed by atoms with Crippen molar-refractivity contribution in [3.8, 4) is 23.6 Å². The first kappa shape index (κ1) is 15.6. The lowest BCUT2D eigenvalue weighted by Gasteiger charge is -2.20. The van der Waals surface area contributed by atoms with Gasteiger partial charge in [-0.3, -0.25) is 0 Å². The normalized spacial score (nSPS) is 10.9. The lowest BCUT2D eigenvalue weighted by molar-refractivity contribution is 0.115. The summed E-state index contributed by atoms with van der Waals surface area (Å²) in [7, 11) is 0. The number of nitrogens with zero attached hydrogens (tertiary/aromatic N) is 3. The zero-order valence-electron chi connectivity index (χ0n) is 12.2. The van der Waals surface area contributed by atoms with E-state index >= 15 is 0 Å². The van der Waals surface area contributed by atoms with Crippen LogP contribution in [0.4, 0.5) is 8.78 Å². The van der Waals surface area contributed by atoms with Crippen molar-refractivity contribution in [1.82, 2.24) is 9.97 Å². The molecule has 0 saturated heterocycles. The summed E-state index contributed by atoms with van der Waals surface area (Å²) in [6.07, 6.45) is 1.06. The highest BCUT2D eigenvalue weighted by Crippen LogP contribution is 2.29. The van der Waals surface area contributed by atoms with E-state index in [1.807, 2.05) is 0 Å². The Kier molecular flexibility index (Phi) is 4.22. The summed E-state index contributed by atoms with van der Waals surface area (Å²) in [5, 5.41) is 8.68. The molecular formula is C15H13F2N3O2. The zero-order valence-corrected chi connectivity index (χ0v) is 12.2. The maximum atomic E-state index is 14.2. The van der Waals surface area contributed by atoms with E-state index in [1.165, 1.54) is 12.1 Å². The van der Waals surface area contributed by atoms with Gasteiger partial charge in [0.25, 0.3) is 11.8 Å². The highest BCUT2D eigenvalue weighted by atomic mass is 19.1. The molecule has 0 radical (unpaired) electrons. The largest absolute Gasteiger partial charge is 0.470 e. The molecule has 0 aliphatic rings. The molecule has 0 aliphatic heterocycles. The van der Waals surface area contributed by atoms with E-state index in [4.69, 9.17) is 14.7 Å². The molecule has 0 bridgehead atoms. The Labute approximate surface area is 126 Å². The van der Waals surface area contributed by atoms with Gasteiger partial charge in [0.05, 0.1) is 11.6 Å². The van der Waals surface area contributed by atoms with Gasteiger partial charge in [-0.25, -0.2) is 4.39 Å². The monoisotopic (exact) mass is 305 g/mol. The van der Waals surface area contributed by atoms with Crippen molar-refractivity contribution in [3.05, 3.63) is 41.7 Å². The number of nitriles is 1. The van der Waals surface area contributed by atoms with Gasteiger partial charge in [0.15, 0.2) is 11.6 Å². The van der Waals surface area contributed by atoms with Crippen LogP contribution in [0.1, 0.15) is 26.3 Å². The number of halogens is 2. The van der Waals surface area contributed by atoms with Crippen molar-refractivity contribution in [1.29, 1.82) is 5.26 Å². The Bertz CT molecular complexity index is 737. The third-order valence-electron chi connectivity index (χ3n) is 2.40. The molecule has 1 aromatic carbocycles. The van der Waals surface area contributed by atoms with Crippen LogP contribution in [0.3, 0.4) is 0 Å². The second kappa shape index (κ2) is 5.93.